The number of nitro benzene ring substituents is 1. The van der Waals surface area contributed by atoms with Gasteiger partial charge >= 0.3 is 0 Å². The lowest BCUT2D eigenvalue weighted by atomic mass is 10.1. The van der Waals surface area contributed by atoms with Gasteiger partial charge in [-0.2, -0.15) is 0 Å². The van der Waals surface area contributed by atoms with E-state index in [1.54, 1.807) is 12.1 Å². The fourth-order valence-electron chi connectivity index (χ4n) is 2.67. The average molecular weight is 278 g/mol. The summed E-state index contributed by atoms with van der Waals surface area (Å²) in [5, 5.41) is 22.8. The highest BCUT2D eigenvalue weighted by Crippen LogP contribution is 2.33. The Hall–Kier alpha value is -2.31. The van der Waals surface area contributed by atoms with Crippen LogP contribution in [0.2, 0.25) is 0 Å². The maximum atomic E-state index is 11.2. The molecule has 0 radical (unpaired) electrons. The second-order valence-corrected chi connectivity index (χ2v) is 5.00. The Morgan fingerprint density at radius 2 is 2.15 bits per heavy atom. The summed E-state index contributed by atoms with van der Waals surface area (Å²) in [6, 6.07) is 4.96. The largest absolute Gasteiger partial charge is 0.409 e. The fourth-order valence-corrected chi connectivity index (χ4v) is 2.67. The van der Waals surface area contributed by atoms with Crippen molar-refractivity contribution in [2.75, 3.05) is 11.9 Å². The Morgan fingerprint density at radius 3 is 2.70 bits per heavy atom. The van der Waals surface area contributed by atoms with Crippen LogP contribution in [0.5, 0.6) is 0 Å². The summed E-state index contributed by atoms with van der Waals surface area (Å²) < 4.78 is 0. The first-order chi connectivity index (χ1) is 9.54. The molecule has 1 aromatic carbocycles. The summed E-state index contributed by atoms with van der Waals surface area (Å²) in [5.41, 5.74) is 6.35. The maximum absolute atomic E-state index is 11.2. The first kappa shape index (κ1) is 14.1. The lowest BCUT2D eigenvalue weighted by Gasteiger charge is -2.26. The zero-order chi connectivity index (χ0) is 14.7. The van der Waals surface area contributed by atoms with Gasteiger partial charge in [-0.3, -0.25) is 10.1 Å². The zero-order valence-electron chi connectivity index (χ0n) is 11.3. The van der Waals surface area contributed by atoms with Crippen molar-refractivity contribution >= 4 is 17.2 Å². The number of anilines is 1. The first-order valence-corrected chi connectivity index (χ1v) is 6.53. The second kappa shape index (κ2) is 5.77. The third-order valence-electron chi connectivity index (χ3n) is 3.83. The molecule has 0 aromatic heterocycles. The molecule has 0 amide bonds. The topological polar surface area (TPSA) is 105 Å². The van der Waals surface area contributed by atoms with Crippen molar-refractivity contribution in [2.24, 2.45) is 10.9 Å². The van der Waals surface area contributed by atoms with Crippen LogP contribution in [-0.4, -0.2) is 29.1 Å². The van der Waals surface area contributed by atoms with E-state index in [0.29, 0.717) is 17.3 Å². The minimum absolute atomic E-state index is 0.0245. The Kier molecular flexibility index (Phi) is 4.07. The Labute approximate surface area is 116 Å². The monoisotopic (exact) mass is 278 g/mol. The van der Waals surface area contributed by atoms with Gasteiger partial charge in [0.05, 0.1) is 4.92 Å². The average Bonchev–Trinajstić information content (AvgIpc) is 2.99. The van der Waals surface area contributed by atoms with E-state index in [1.807, 2.05) is 11.9 Å². The van der Waals surface area contributed by atoms with Crippen molar-refractivity contribution in [1.82, 2.24) is 0 Å². The van der Waals surface area contributed by atoms with Gasteiger partial charge in [-0.15, -0.1) is 0 Å². The van der Waals surface area contributed by atoms with Gasteiger partial charge < -0.3 is 15.8 Å². The van der Waals surface area contributed by atoms with Crippen LogP contribution in [0.3, 0.4) is 0 Å². The highest BCUT2D eigenvalue weighted by molar-refractivity contribution is 5.98. The van der Waals surface area contributed by atoms with Crippen LogP contribution < -0.4 is 10.6 Å². The van der Waals surface area contributed by atoms with Crippen molar-refractivity contribution in [3.63, 3.8) is 0 Å². The van der Waals surface area contributed by atoms with Crippen LogP contribution in [0.4, 0.5) is 11.4 Å². The minimum atomic E-state index is -0.436. The van der Waals surface area contributed by atoms with E-state index in [4.69, 9.17) is 10.9 Å². The molecule has 0 saturated heterocycles. The Bertz CT molecular complexity index is 538. The highest BCUT2D eigenvalue weighted by Gasteiger charge is 2.25. The quantitative estimate of drug-likeness (QED) is 0.288. The molecule has 2 rings (SSSR count). The van der Waals surface area contributed by atoms with Gasteiger partial charge in [-0.05, 0) is 25.0 Å². The van der Waals surface area contributed by atoms with E-state index in [1.165, 1.54) is 6.07 Å². The van der Waals surface area contributed by atoms with E-state index in [9.17, 15) is 10.1 Å². The van der Waals surface area contributed by atoms with Gasteiger partial charge in [0.1, 0.15) is 5.69 Å². The van der Waals surface area contributed by atoms with Crippen LogP contribution in [-0.2, 0) is 0 Å². The molecule has 7 heteroatoms. The van der Waals surface area contributed by atoms with Crippen molar-refractivity contribution in [1.29, 1.82) is 0 Å². The molecule has 108 valence electrons. The second-order valence-electron chi connectivity index (χ2n) is 5.00. The molecular formula is C13H18N4O3. The SMILES string of the molecule is CN(c1ccc(C(N)=NO)cc1[N+](=O)[O-])C1CCCC1. The molecule has 7 nitrogen and oxygen atoms in total. The summed E-state index contributed by atoms with van der Waals surface area (Å²) in [6.07, 6.45) is 4.42. The summed E-state index contributed by atoms with van der Waals surface area (Å²) in [6.45, 7) is 0. The Balaban J connectivity index is 2.39. The molecule has 0 spiro atoms. The van der Waals surface area contributed by atoms with Crippen molar-refractivity contribution in [3.8, 4) is 0 Å². The number of nitro groups is 1. The maximum Gasteiger partial charge on any atom is 0.293 e. The predicted molar refractivity (Wildman–Crippen MR) is 76.3 cm³/mol. The molecule has 1 aliphatic rings. The van der Waals surface area contributed by atoms with Crippen LogP contribution in [0, 0.1) is 10.1 Å². The van der Waals surface area contributed by atoms with E-state index >= 15 is 0 Å². The van der Waals surface area contributed by atoms with Crippen LogP contribution in [0.25, 0.3) is 0 Å². The number of hydrogen-bond acceptors (Lipinski definition) is 5. The molecule has 1 saturated carbocycles. The fraction of sp³-hybridized carbons (Fsp3) is 0.462. The van der Waals surface area contributed by atoms with E-state index in [-0.39, 0.29) is 11.5 Å². The number of rotatable bonds is 4. The van der Waals surface area contributed by atoms with Gasteiger partial charge in [-0.25, -0.2) is 0 Å². The number of hydrogen-bond donors (Lipinski definition) is 2. The minimum Gasteiger partial charge on any atom is -0.409 e. The molecule has 1 aromatic rings. The van der Waals surface area contributed by atoms with Crippen LogP contribution in [0.1, 0.15) is 31.2 Å². The molecule has 0 heterocycles. The molecule has 0 bridgehead atoms. The lowest BCUT2D eigenvalue weighted by molar-refractivity contribution is -0.384. The third-order valence-corrected chi connectivity index (χ3v) is 3.83. The number of nitrogens with two attached hydrogens (primary N) is 1. The number of oxime groups is 1. The van der Waals surface area contributed by atoms with E-state index in [0.717, 1.165) is 25.7 Å². The van der Waals surface area contributed by atoms with Crippen LogP contribution >= 0.6 is 0 Å². The number of benzene rings is 1. The molecule has 0 unspecified atom stereocenters. The van der Waals surface area contributed by atoms with E-state index < -0.39 is 4.92 Å². The number of amidine groups is 1. The predicted octanol–water partition coefficient (Wildman–Crippen LogP) is 2.07. The summed E-state index contributed by atoms with van der Waals surface area (Å²) >= 11 is 0. The van der Waals surface area contributed by atoms with Gasteiger partial charge in [0.2, 0.25) is 0 Å². The molecule has 0 aliphatic heterocycles. The molecule has 1 fully saturated rings. The van der Waals surface area contributed by atoms with Crippen molar-refractivity contribution in [2.45, 2.75) is 31.7 Å². The summed E-state index contributed by atoms with van der Waals surface area (Å²) in [4.78, 5) is 12.8. The number of nitrogens with zero attached hydrogens (tertiary/aromatic N) is 3. The highest BCUT2D eigenvalue weighted by atomic mass is 16.6. The lowest BCUT2D eigenvalue weighted by Crippen LogP contribution is -2.29. The molecule has 1 aliphatic carbocycles. The smallest absolute Gasteiger partial charge is 0.293 e. The standard InChI is InChI=1S/C13H18N4O3/c1-16(10-4-2-3-5-10)11-7-6-9(13(14)15-18)8-12(11)17(19)20/h6-8,10,18H,2-5H2,1H3,(H2,14,15). The third kappa shape index (κ3) is 2.66. The normalized spacial score (nSPS) is 16.4. The zero-order valence-corrected chi connectivity index (χ0v) is 11.3. The van der Waals surface area contributed by atoms with Gasteiger partial charge in [0.15, 0.2) is 5.84 Å². The molecular weight excluding hydrogens is 260 g/mol. The first-order valence-electron chi connectivity index (χ1n) is 6.53. The van der Waals surface area contributed by atoms with Crippen molar-refractivity contribution < 1.29 is 10.1 Å². The van der Waals surface area contributed by atoms with Gasteiger partial charge in [0, 0.05) is 24.7 Å². The van der Waals surface area contributed by atoms with Crippen molar-refractivity contribution in [3.05, 3.63) is 33.9 Å². The molecule has 0 atom stereocenters. The summed E-state index contributed by atoms with van der Waals surface area (Å²) in [7, 11) is 1.88. The van der Waals surface area contributed by atoms with Gasteiger partial charge in [0.25, 0.3) is 5.69 Å². The van der Waals surface area contributed by atoms with Crippen LogP contribution in [0.15, 0.2) is 23.4 Å². The van der Waals surface area contributed by atoms with Gasteiger partial charge in [-0.1, -0.05) is 18.0 Å². The molecule has 20 heavy (non-hydrogen) atoms. The Morgan fingerprint density at radius 1 is 1.50 bits per heavy atom. The van der Waals surface area contributed by atoms with E-state index in [2.05, 4.69) is 5.16 Å². The molecule has 3 N–H and O–H groups in total. The summed E-state index contributed by atoms with van der Waals surface area (Å²) in [5.74, 6) is -0.136.